The van der Waals surface area contributed by atoms with Gasteiger partial charge in [-0.15, -0.1) is 22.7 Å². The van der Waals surface area contributed by atoms with Crippen LogP contribution in [0.2, 0.25) is 0 Å². The lowest BCUT2D eigenvalue weighted by Crippen LogP contribution is -2.02. The van der Waals surface area contributed by atoms with Gasteiger partial charge in [-0.3, -0.25) is 0 Å². The average Bonchev–Trinajstić information content (AvgIpc) is 4.08. The molecule has 0 fully saturated rings. The molecule has 3 heteroatoms. The Morgan fingerprint density at radius 2 is 0.821 bits per heavy atom. The van der Waals surface area contributed by atoms with E-state index in [1.54, 1.807) is 0 Å². The summed E-state index contributed by atoms with van der Waals surface area (Å²) in [7, 11) is 0. The highest BCUT2D eigenvalue weighted by atomic mass is 32.1. The highest BCUT2D eigenvalue weighted by Gasteiger charge is 2.25. The predicted molar refractivity (Wildman–Crippen MR) is 291 cm³/mol. The van der Waals surface area contributed by atoms with E-state index in [1.165, 1.54) is 128 Å². The predicted octanol–water partition coefficient (Wildman–Crippen LogP) is 19.4. The zero-order valence-corrected chi connectivity index (χ0v) is 37.9. The molecule has 0 spiro atoms. The van der Waals surface area contributed by atoms with Gasteiger partial charge >= 0.3 is 0 Å². The van der Waals surface area contributed by atoms with Gasteiger partial charge in [0.25, 0.3) is 0 Å². The minimum atomic E-state index is 0.898. The number of furan rings is 1. The fraction of sp³-hybridized carbons (Fsp3) is 0.0312. The maximum atomic E-state index is 6.81. The number of hydrogen-bond donors (Lipinski definition) is 0. The molecule has 1 aliphatic rings. The monoisotopic (exact) mass is 886 g/mol. The first-order valence-corrected chi connectivity index (χ1v) is 24.8. The second-order valence-corrected chi connectivity index (χ2v) is 20.2. The Bertz CT molecular complexity index is 4400. The number of allylic oxidation sites excluding steroid dienone is 1. The second-order valence-electron chi connectivity index (χ2n) is 18.1. The van der Waals surface area contributed by atoms with Crippen LogP contribution < -0.4 is 0 Å². The zero-order chi connectivity index (χ0) is 43.7. The molecule has 0 saturated carbocycles. The lowest BCUT2D eigenvalue weighted by atomic mass is 9.80. The molecular weight excluding hydrogens is 849 g/mol. The summed E-state index contributed by atoms with van der Waals surface area (Å²) in [6.07, 6.45) is 6.78. The molecule has 67 heavy (non-hydrogen) atoms. The van der Waals surface area contributed by atoms with Gasteiger partial charge < -0.3 is 4.42 Å². The Kier molecular flexibility index (Phi) is 8.01. The highest BCUT2D eigenvalue weighted by Crippen LogP contribution is 2.50. The van der Waals surface area contributed by atoms with E-state index in [4.69, 9.17) is 4.42 Å². The van der Waals surface area contributed by atoms with Gasteiger partial charge in [-0.25, -0.2) is 0 Å². The van der Waals surface area contributed by atoms with Crippen LogP contribution in [0, 0.1) is 0 Å². The van der Waals surface area contributed by atoms with Crippen LogP contribution in [-0.2, 0) is 6.42 Å². The SMILES string of the molecule is C1=Cc2c(c(-c3ccc4sc5ccccc5c4c3)c3ccccc3c2-c2ccc3oc4cccc(-c5c6ccccc6c(-c6ccc7sc8ccccc8c7c6)c6ccccc56)c4c3c2)CC1. The summed E-state index contributed by atoms with van der Waals surface area (Å²) in [5.74, 6) is 0. The normalized spacial score (nSPS) is 12.9. The van der Waals surface area contributed by atoms with Gasteiger partial charge in [0.1, 0.15) is 11.2 Å². The molecule has 0 aliphatic heterocycles. The molecule has 0 atom stereocenters. The van der Waals surface area contributed by atoms with E-state index < -0.39 is 0 Å². The van der Waals surface area contributed by atoms with Crippen LogP contribution in [0.1, 0.15) is 17.5 Å². The maximum absolute atomic E-state index is 6.81. The third kappa shape index (κ3) is 5.47. The summed E-state index contributed by atoms with van der Waals surface area (Å²) in [6.45, 7) is 0. The van der Waals surface area contributed by atoms with Crippen molar-refractivity contribution in [2.75, 3.05) is 0 Å². The first kappa shape index (κ1) is 37.4. The average molecular weight is 887 g/mol. The molecule has 3 heterocycles. The lowest BCUT2D eigenvalue weighted by molar-refractivity contribution is 0.669. The highest BCUT2D eigenvalue weighted by molar-refractivity contribution is 7.26. The first-order chi connectivity index (χ1) is 33.2. The van der Waals surface area contributed by atoms with E-state index >= 15 is 0 Å². The summed E-state index contributed by atoms with van der Waals surface area (Å²) in [4.78, 5) is 0. The molecule has 0 amide bonds. The summed E-state index contributed by atoms with van der Waals surface area (Å²) >= 11 is 3.75. The van der Waals surface area contributed by atoms with E-state index in [1.807, 2.05) is 22.7 Å². The number of thiophene rings is 2. The Labute approximate surface area is 394 Å². The zero-order valence-electron chi connectivity index (χ0n) is 36.3. The van der Waals surface area contributed by atoms with Gasteiger partial charge in [-0.05, 0) is 155 Å². The van der Waals surface area contributed by atoms with E-state index in [-0.39, 0.29) is 0 Å². The molecule has 14 aromatic rings. The molecule has 11 aromatic carbocycles. The van der Waals surface area contributed by atoms with Crippen molar-refractivity contribution in [3.63, 3.8) is 0 Å². The van der Waals surface area contributed by atoms with Crippen molar-refractivity contribution < 1.29 is 4.42 Å². The summed E-state index contributed by atoms with van der Waals surface area (Å²) in [6, 6.07) is 72.4. The topological polar surface area (TPSA) is 13.1 Å². The van der Waals surface area contributed by atoms with E-state index in [2.05, 4.69) is 206 Å². The fourth-order valence-electron chi connectivity index (χ4n) is 11.7. The van der Waals surface area contributed by atoms with Crippen LogP contribution in [-0.4, -0.2) is 0 Å². The van der Waals surface area contributed by atoms with Crippen LogP contribution in [0.25, 0.3) is 145 Å². The van der Waals surface area contributed by atoms with Crippen molar-refractivity contribution in [1.29, 1.82) is 0 Å². The Hall–Kier alpha value is -7.82. The summed E-state index contributed by atoms with van der Waals surface area (Å²) in [5, 5.41) is 15.1. The second kappa shape index (κ2) is 14.3. The third-order valence-electron chi connectivity index (χ3n) is 14.5. The van der Waals surface area contributed by atoms with Gasteiger partial charge in [0, 0.05) is 51.1 Å². The maximum Gasteiger partial charge on any atom is 0.136 e. The van der Waals surface area contributed by atoms with Crippen molar-refractivity contribution in [3.05, 3.63) is 211 Å². The summed E-state index contributed by atoms with van der Waals surface area (Å²) in [5.41, 5.74) is 14.6. The lowest BCUT2D eigenvalue weighted by Gasteiger charge is -2.24. The van der Waals surface area contributed by atoms with Gasteiger partial charge in [-0.1, -0.05) is 152 Å². The van der Waals surface area contributed by atoms with Crippen molar-refractivity contribution in [1.82, 2.24) is 0 Å². The standard InChI is InChI=1S/C64H38OS2/c1-3-18-44-42(16-1)60(43-17-2-4-19-45(43)61(44)38-29-32-58-51(34-38)40-14-9-11-26-56(40)66-58)37-28-31-54-53(36-37)64-50(24-13-25-55(64)65-54)63-48-22-7-5-20-46(48)62(47-21-6-8-23-49(47)63)39-30-33-59-52(35-39)41-15-10-12-27-57(41)67-59/h1-3,5-18,20-36H,4,19H2. The molecule has 1 aliphatic carbocycles. The minimum absolute atomic E-state index is 0.898. The van der Waals surface area contributed by atoms with Crippen molar-refractivity contribution in [2.24, 2.45) is 0 Å². The molecule has 3 aromatic heterocycles. The third-order valence-corrected chi connectivity index (χ3v) is 16.8. The molecule has 1 nitrogen and oxygen atoms in total. The quantitative estimate of drug-likeness (QED) is 0.161. The molecular formula is C64H38OS2. The van der Waals surface area contributed by atoms with Crippen LogP contribution in [0.4, 0.5) is 0 Å². The van der Waals surface area contributed by atoms with E-state index in [0.717, 1.165) is 34.8 Å². The molecule has 0 unspecified atom stereocenters. The number of benzene rings is 11. The number of fused-ring (bicyclic) bond motifs is 13. The number of rotatable bonds is 4. The Morgan fingerprint density at radius 1 is 0.343 bits per heavy atom. The van der Waals surface area contributed by atoms with Gasteiger partial charge in [0.05, 0.1) is 0 Å². The van der Waals surface area contributed by atoms with Gasteiger partial charge in [0.15, 0.2) is 0 Å². The number of hydrogen-bond acceptors (Lipinski definition) is 3. The van der Waals surface area contributed by atoms with Crippen molar-refractivity contribution in [3.8, 4) is 44.5 Å². The summed E-state index contributed by atoms with van der Waals surface area (Å²) < 4.78 is 12.1. The molecule has 312 valence electrons. The molecule has 15 rings (SSSR count). The largest absolute Gasteiger partial charge is 0.456 e. The first-order valence-electron chi connectivity index (χ1n) is 23.2. The molecule has 0 radical (unpaired) electrons. The van der Waals surface area contributed by atoms with Crippen LogP contribution >= 0.6 is 22.7 Å². The molecule has 0 bridgehead atoms. The Balaban J connectivity index is 0.964. The van der Waals surface area contributed by atoms with Gasteiger partial charge in [-0.2, -0.15) is 0 Å². The van der Waals surface area contributed by atoms with E-state index in [0.29, 0.717) is 0 Å². The van der Waals surface area contributed by atoms with E-state index in [9.17, 15) is 0 Å². The minimum Gasteiger partial charge on any atom is -0.456 e. The van der Waals surface area contributed by atoms with Crippen molar-refractivity contribution in [2.45, 2.75) is 12.8 Å². The van der Waals surface area contributed by atoms with Crippen LogP contribution in [0.15, 0.2) is 205 Å². The fourth-order valence-corrected chi connectivity index (χ4v) is 13.9. The molecule has 0 saturated heterocycles. The van der Waals surface area contributed by atoms with Crippen LogP contribution in [0.5, 0.6) is 0 Å². The molecule has 0 N–H and O–H groups in total. The Morgan fingerprint density at radius 3 is 1.45 bits per heavy atom. The van der Waals surface area contributed by atoms with Crippen molar-refractivity contribution >= 4 is 123 Å². The van der Waals surface area contributed by atoms with Crippen LogP contribution in [0.3, 0.4) is 0 Å². The van der Waals surface area contributed by atoms with Gasteiger partial charge in [0.2, 0.25) is 0 Å². The smallest absolute Gasteiger partial charge is 0.136 e.